The van der Waals surface area contributed by atoms with Gasteiger partial charge in [0.2, 0.25) is 11.8 Å². The minimum absolute atomic E-state index is 0.0262. The molecule has 0 saturated carbocycles. The van der Waals surface area contributed by atoms with Crippen molar-refractivity contribution in [3.63, 3.8) is 0 Å². The molecule has 0 aromatic carbocycles. The van der Waals surface area contributed by atoms with Crippen LogP contribution in [0.25, 0.3) is 0 Å². The Morgan fingerprint density at radius 2 is 2.25 bits per heavy atom. The standard InChI is InChI=1S/C16H28N6O2/c1-12-8-13(4-5-17-12)16(24)20-14-9-19-22(10-14)11-15(23)18-6-7-21(2)3/h9-10,12-13,17H,4-8,11H2,1-3H3,(H,18,23)(H,20,24)/t12-,13-/m0/s1. The van der Waals surface area contributed by atoms with Crippen LogP contribution in [0.1, 0.15) is 19.8 Å². The Labute approximate surface area is 143 Å². The number of nitrogens with zero attached hydrogens (tertiary/aromatic N) is 3. The van der Waals surface area contributed by atoms with Crippen LogP contribution in [0.5, 0.6) is 0 Å². The van der Waals surface area contributed by atoms with Gasteiger partial charge in [-0.1, -0.05) is 0 Å². The summed E-state index contributed by atoms with van der Waals surface area (Å²) in [7, 11) is 3.91. The monoisotopic (exact) mass is 336 g/mol. The van der Waals surface area contributed by atoms with Crippen molar-refractivity contribution in [2.45, 2.75) is 32.4 Å². The Morgan fingerprint density at radius 3 is 2.96 bits per heavy atom. The van der Waals surface area contributed by atoms with Crippen molar-refractivity contribution < 1.29 is 9.59 Å². The molecule has 134 valence electrons. The summed E-state index contributed by atoms with van der Waals surface area (Å²) in [6, 6.07) is 0.364. The van der Waals surface area contributed by atoms with E-state index in [0.29, 0.717) is 18.3 Å². The number of piperidine rings is 1. The van der Waals surface area contributed by atoms with Crippen LogP contribution in [0, 0.1) is 5.92 Å². The summed E-state index contributed by atoms with van der Waals surface area (Å²) in [5, 5.41) is 13.2. The second kappa shape index (κ2) is 8.79. The molecule has 2 amide bonds. The number of hydrogen-bond acceptors (Lipinski definition) is 5. The van der Waals surface area contributed by atoms with E-state index < -0.39 is 0 Å². The third kappa shape index (κ3) is 5.93. The number of likely N-dealkylation sites (N-methyl/N-ethyl adjacent to an activating group) is 1. The molecular weight excluding hydrogens is 308 g/mol. The average Bonchev–Trinajstić information content (AvgIpc) is 2.93. The number of carbonyl (C=O) groups excluding carboxylic acids is 2. The first-order chi connectivity index (χ1) is 11.4. The van der Waals surface area contributed by atoms with E-state index in [0.717, 1.165) is 25.9 Å². The lowest BCUT2D eigenvalue weighted by Gasteiger charge is -2.26. The molecule has 2 atom stereocenters. The van der Waals surface area contributed by atoms with Gasteiger partial charge in [0.25, 0.3) is 0 Å². The Balaban J connectivity index is 1.78. The van der Waals surface area contributed by atoms with E-state index in [2.05, 4.69) is 28.0 Å². The maximum Gasteiger partial charge on any atom is 0.241 e. The summed E-state index contributed by atoms with van der Waals surface area (Å²) in [5.74, 6) is -0.0396. The summed E-state index contributed by atoms with van der Waals surface area (Å²) in [5.41, 5.74) is 0.632. The quantitative estimate of drug-likeness (QED) is 0.646. The molecule has 2 heterocycles. The van der Waals surface area contributed by atoms with E-state index >= 15 is 0 Å². The number of amides is 2. The largest absolute Gasteiger partial charge is 0.353 e. The highest BCUT2D eigenvalue weighted by Gasteiger charge is 2.24. The van der Waals surface area contributed by atoms with Crippen LogP contribution in [-0.4, -0.2) is 66.3 Å². The normalized spacial score (nSPS) is 20.8. The van der Waals surface area contributed by atoms with Crippen molar-refractivity contribution in [3.8, 4) is 0 Å². The van der Waals surface area contributed by atoms with Gasteiger partial charge in [-0.25, -0.2) is 0 Å². The van der Waals surface area contributed by atoms with Gasteiger partial charge < -0.3 is 20.9 Å². The molecule has 1 fully saturated rings. The number of hydrogen-bond donors (Lipinski definition) is 3. The molecule has 0 unspecified atom stereocenters. The van der Waals surface area contributed by atoms with Gasteiger partial charge in [-0.3, -0.25) is 14.3 Å². The zero-order valence-corrected chi connectivity index (χ0v) is 14.7. The van der Waals surface area contributed by atoms with Crippen molar-refractivity contribution in [1.82, 2.24) is 25.3 Å². The van der Waals surface area contributed by atoms with E-state index in [1.165, 1.54) is 4.68 Å². The molecule has 1 aliphatic heterocycles. The van der Waals surface area contributed by atoms with Crippen LogP contribution in [0.4, 0.5) is 5.69 Å². The Bertz CT molecular complexity index is 557. The molecule has 3 N–H and O–H groups in total. The molecule has 0 spiro atoms. The van der Waals surface area contributed by atoms with Crippen LogP contribution >= 0.6 is 0 Å². The van der Waals surface area contributed by atoms with Gasteiger partial charge >= 0.3 is 0 Å². The van der Waals surface area contributed by atoms with Gasteiger partial charge in [-0.05, 0) is 40.4 Å². The summed E-state index contributed by atoms with van der Waals surface area (Å²) in [6.07, 6.45) is 4.95. The third-order valence-corrected chi connectivity index (χ3v) is 4.08. The van der Waals surface area contributed by atoms with Crippen LogP contribution < -0.4 is 16.0 Å². The first kappa shape index (κ1) is 18.4. The van der Waals surface area contributed by atoms with Gasteiger partial charge in [-0.2, -0.15) is 5.10 Å². The Morgan fingerprint density at radius 1 is 1.46 bits per heavy atom. The maximum absolute atomic E-state index is 12.3. The van der Waals surface area contributed by atoms with Gasteiger partial charge in [-0.15, -0.1) is 0 Å². The van der Waals surface area contributed by atoms with Crippen molar-refractivity contribution in [2.75, 3.05) is 39.0 Å². The van der Waals surface area contributed by atoms with Crippen LogP contribution in [0.15, 0.2) is 12.4 Å². The lowest BCUT2D eigenvalue weighted by molar-refractivity contribution is -0.122. The molecular formula is C16H28N6O2. The lowest BCUT2D eigenvalue weighted by Crippen LogP contribution is -2.40. The summed E-state index contributed by atoms with van der Waals surface area (Å²) in [4.78, 5) is 26.1. The first-order valence-corrected chi connectivity index (χ1v) is 8.42. The van der Waals surface area contributed by atoms with Crippen LogP contribution in [0.3, 0.4) is 0 Å². The predicted molar refractivity (Wildman–Crippen MR) is 92.6 cm³/mol. The minimum Gasteiger partial charge on any atom is -0.353 e. The number of aromatic nitrogens is 2. The molecule has 0 aliphatic carbocycles. The highest BCUT2D eigenvalue weighted by molar-refractivity contribution is 5.92. The molecule has 0 bridgehead atoms. The predicted octanol–water partition coefficient (Wildman–Crippen LogP) is -0.112. The van der Waals surface area contributed by atoms with Crippen LogP contribution in [0.2, 0.25) is 0 Å². The fourth-order valence-electron chi connectivity index (χ4n) is 2.75. The molecule has 1 aromatic heterocycles. The lowest BCUT2D eigenvalue weighted by atomic mass is 9.92. The molecule has 2 rings (SSSR count). The van der Waals surface area contributed by atoms with Gasteiger partial charge in [0.05, 0.1) is 11.9 Å². The minimum atomic E-state index is -0.0926. The van der Waals surface area contributed by atoms with Gasteiger partial charge in [0.15, 0.2) is 0 Å². The number of carbonyl (C=O) groups is 2. The SMILES string of the molecule is C[C@H]1C[C@@H](C(=O)Nc2cnn(CC(=O)NCCN(C)C)c2)CCN1. The summed E-state index contributed by atoms with van der Waals surface area (Å²) < 4.78 is 1.53. The molecule has 1 saturated heterocycles. The highest BCUT2D eigenvalue weighted by atomic mass is 16.2. The van der Waals surface area contributed by atoms with E-state index in [4.69, 9.17) is 0 Å². The van der Waals surface area contributed by atoms with E-state index in [1.54, 1.807) is 12.4 Å². The second-order valence-corrected chi connectivity index (χ2v) is 6.65. The van der Waals surface area contributed by atoms with Gasteiger partial charge in [0.1, 0.15) is 6.54 Å². The summed E-state index contributed by atoms with van der Waals surface area (Å²) in [6.45, 7) is 4.50. The number of anilines is 1. The van der Waals surface area contributed by atoms with Gasteiger partial charge in [0, 0.05) is 31.2 Å². The maximum atomic E-state index is 12.3. The highest BCUT2D eigenvalue weighted by Crippen LogP contribution is 2.18. The molecule has 1 aromatic rings. The van der Waals surface area contributed by atoms with Crippen LogP contribution in [-0.2, 0) is 16.1 Å². The van der Waals surface area contributed by atoms with E-state index in [-0.39, 0.29) is 24.3 Å². The molecule has 8 nitrogen and oxygen atoms in total. The fraction of sp³-hybridized carbons (Fsp3) is 0.688. The van der Waals surface area contributed by atoms with Crippen molar-refractivity contribution in [1.29, 1.82) is 0 Å². The fourth-order valence-corrected chi connectivity index (χ4v) is 2.75. The third-order valence-electron chi connectivity index (χ3n) is 4.08. The Kier molecular flexibility index (Phi) is 6.74. The molecule has 1 aliphatic rings. The van der Waals surface area contributed by atoms with Crippen molar-refractivity contribution in [3.05, 3.63) is 12.4 Å². The topological polar surface area (TPSA) is 91.3 Å². The summed E-state index contributed by atoms with van der Waals surface area (Å²) >= 11 is 0. The zero-order valence-electron chi connectivity index (χ0n) is 14.7. The first-order valence-electron chi connectivity index (χ1n) is 8.42. The Hall–Kier alpha value is -1.93. The smallest absolute Gasteiger partial charge is 0.241 e. The number of rotatable bonds is 7. The van der Waals surface area contributed by atoms with E-state index in [9.17, 15) is 9.59 Å². The molecule has 24 heavy (non-hydrogen) atoms. The van der Waals surface area contributed by atoms with Crippen molar-refractivity contribution >= 4 is 17.5 Å². The average molecular weight is 336 g/mol. The molecule has 8 heteroatoms. The van der Waals surface area contributed by atoms with E-state index in [1.807, 2.05) is 19.0 Å². The second-order valence-electron chi connectivity index (χ2n) is 6.65. The molecule has 0 radical (unpaired) electrons. The van der Waals surface area contributed by atoms with Crippen molar-refractivity contribution in [2.24, 2.45) is 5.92 Å². The zero-order chi connectivity index (χ0) is 17.5. The number of nitrogens with one attached hydrogen (secondary N) is 3.